The zero-order valence-corrected chi connectivity index (χ0v) is 12.9. The first-order valence-corrected chi connectivity index (χ1v) is 7.93. The van der Waals surface area contributed by atoms with Crippen molar-refractivity contribution in [1.82, 2.24) is 19.9 Å². The Morgan fingerprint density at radius 1 is 0.833 bits per heavy atom. The number of anilines is 1. The van der Waals surface area contributed by atoms with Crippen LogP contribution in [0.3, 0.4) is 0 Å². The Bertz CT molecular complexity index is 1030. The number of hydrogen-bond donors (Lipinski definition) is 2. The number of aromatic amines is 2. The second kappa shape index (κ2) is 5.09. The van der Waals surface area contributed by atoms with Gasteiger partial charge in [-0.05, 0) is 30.3 Å². The first-order valence-electron chi connectivity index (χ1n) is 7.93. The molecule has 0 fully saturated rings. The zero-order chi connectivity index (χ0) is 15.9. The molecular formula is C19H15N5. The van der Waals surface area contributed by atoms with Gasteiger partial charge in [-0.15, -0.1) is 0 Å². The molecule has 0 saturated heterocycles. The van der Waals surface area contributed by atoms with Crippen LogP contribution < -0.4 is 4.90 Å². The molecule has 0 amide bonds. The Morgan fingerprint density at radius 3 is 2.29 bits per heavy atom. The minimum Gasteiger partial charge on any atom is -0.337 e. The molecule has 1 aliphatic heterocycles. The number of H-pyrrole nitrogens is 2. The lowest BCUT2D eigenvalue weighted by molar-refractivity contribution is 1.01. The SMILES string of the molecule is C1=CCN(c2nc3ccccc3[nH]2)C(c2nc3ccccc3[nH]2)=C1. The van der Waals surface area contributed by atoms with Crippen LogP contribution in [0.15, 0.2) is 66.8 Å². The molecule has 24 heavy (non-hydrogen) atoms. The number of rotatable bonds is 2. The summed E-state index contributed by atoms with van der Waals surface area (Å²) in [5.74, 6) is 1.67. The van der Waals surface area contributed by atoms with E-state index in [0.717, 1.165) is 46.1 Å². The van der Waals surface area contributed by atoms with Crippen molar-refractivity contribution in [2.24, 2.45) is 0 Å². The Balaban J connectivity index is 1.62. The Kier molecular flexibility index (Phi) is 2.79. The highest BCUT2D eigenvalue weighted by atomic mass is 15.3. The van der Waals surface area contributed by atoms with Crippen molar-refractivity contribution in [3.05, 3.63) is 72.6 Å². The van der Waals surface area contributed by atoms with Crippen LogP contribution in [0.4, 0.5) is 5.95 Å². The van der Waals surface area contributed by atoms with Gasteiger partial charge in [0.2, 0.25) is 5.95 Å². The van der Waals surface area contributed by atoms with E-state index in [2.05, 4.69) is 33.1 Å². The van der Waals surface area contributed by atoms with Crippen molar-refractivity contribution < 1.29 is 0 Å². The van der Waals surface area contributed by atoms with Crippen LogP contribution in [0.2, 0.25) is 0 Å². The summed E-state index contributed by atoms with van der Waals surface area (Å²) in [4.78, 5) is 18.4. The van der Waals surface area contributed by atoms with Crippen molar-refractivity contribution in [1.29, 1.82) is 0 Å². The monoisotopic (exact) mass is 313 g/mol. The third kappa shape index (κ3) is 2.02. The lowest BCUT2D eigenvalue weighted by atomic mass is 10.2. The van der Waals surface area contributed by atoms with Crippen LogP contribution >= 0.6 is 0 Å². The summed E-state index contributed by atoms with van der Waals surface area (Å²) in [6.45, 7) is 0.753. The maximum Gasteiger partial charge on any atom is 0.208 e. The Labute approximate surface area is 138 Å². The van der Waals surface area contributed by atoms with E-state index < -0.39 is 0 Å². The van der Waals surface area contributed by atoms with Crippen LogP contribution in [0.25, 0.3) is 27.8 Å². The van der Waals surface area contributed by atoms with Gasteiger partial charge in [0, 0.05) is 6.54 Å². The van der Waals surface area contributed by atoms with E-state index in [1.54, 1.807) is 0 Å². The molecule has 5 heteroatoms. The van der Waals surface area contributed by atoms with Crippen molar-refractivity contribution in [2.75, 3.05) is 11.4 Å². The molecule has 116 valence electrons. The van der Waals surface area contributed by atoms with E-state index >= 15 is 0 Å². The lowest BCUT2D eigenvalue weighted by Gasteiger charge is -2.24. The van der Waals surface area contributed by atoms with E-state index in [9.17, 15) is 0 Å². The van der Waals surface area contributed by atoms with E-state index in [0.29, 0.717) is 0 Å². The topological polar surface area (TPSA) is 60.6 Å². The third-order valence-corrected chi connectivity index (χ3v) is 4.23. The molecule has 0 unspecified atom stereocenters. The number of nitrogens with zero attached hydrogens (tertiary/aromatic N) is 3. The lowest BCUT2D eigenvalue weighted by Crippen LogP contribution is -2.25. The van der Waals surface area contributed by atoms with Crippen LogP contribution in [0.1, 0.15) is 5.82 Å². The van der Waals surface area contributed by atoms with E-state index in [1.807, 2.05) is 48.5 Å². The fraction of sp³-hybridized carbons (Fsp3) is 0.0526. The first-order chi connectivity index (χ1) is 11.9. The third-order valence-electron chi connectivity index (χ3n) is 4.23. The fourth-order valence-corrected chi connectivity index (χ4v) is 3.06. The molecule has 0 aliphatic carbocycles. The average molecular weight is 313 g/mol. The number of hydrogen-bond acceptors (Lipinski definition) is 3. The molecule has 4 aromatic rings. The highest BCUT2D eigenvalue weighted by molar-refractivity contribution is 5.85. The summed E-state index contributed by atoms with van der Waals surface area (Å²) < 4.78 is 0. The molecule has 1 aliphatic rings. The minimum atomic E-state index is 0.753. The summed E-state index contributed by atoms with van der Waals surface area (Å²) in [5, 5.41) is 0. The molecule has 3 heterocycles. The Hall–Kier alpha value is -3.34. The van der Waals surface area contributed by atoms with Gasteiger partial charge in [0.25, 0.3) is 0 Å². The maximum absolute atomic E-state index is 4.72. The highest BCUT2D eigenvalue weighted by Crippen LogP contribution is 2.28. The largest absolute Gasteiger partial charge is 0.337 e. The first kappa shape index (κ1) is 13.1. The molecule has 0 atom stereocenters. The van der Waals surface area contributed by atoms with E-state index in [-0.39, 0.29) is 0 Å². The van der Waals surface area contributed by atoms with Gasteiger partial charge in [-0.3, -0.25) is 0 Å². The molecular weight excluding hydrogens is 298 g/mol. The van der Waals surface area contributed by atoms with Gasteiger partial charge in [-0.2, -0.15) is 0 Å². The fourth-order valence-electron chi connectivity index (χ4n) is 3.06. The number of benzene rings is 2. The second-order valence-corrected chi connectivity index (χ2v) is 5.77. The maximum atomic E-state index is 4.72. The number of fused-ring (bicyclic) bond motifs is 2. The summed E-state index contributed by atoms with van der Waals surface area (Å²) in [6.07, 6.45) is 6.23. The number of imidazole rings is 2. The number of nitrogens with one attached hydrogen (secondary N) is 2. The highest BCUT2D eigenvalue weighted by Gasteiger charge is 2.20. The summed E-state index contributed by atoms with van der Waals surface area (Å²) in [5.41, 5.74) is 5.00. The van der Waals surface area contributed by atoms with Gasteiger partial charge in [0.15, 0.2) is 5.82 Å². The van der Waals surface area contributed by atoms with E-state index in [1.165, 1.54) is 0 Å². The van der Waals surface area contributed by atoms with Crippen LogP contribution in [0, 0.1) is 0 Å². The van der Waals surface area contributed by atoms with Gasteiger partial charge in [0.1, 0.15) is 0 Å². The summed E-state index contributed by atoms with van der Waals surface area (Å²) in [7, 11) is 0. The van der Waals surface area contributed by atoms with Crippen LogP contribution in [-0.4, -0.2) is 26.5 Å². The molecule has 0 spiro atoms. The molecule has 0 radical (unpaired) electrons. The van der Waals surface area contributed by atoms with Crippen LogP contribution in [0.5, 0.6) is 0 Å². The predicted octanol–water partition coefficient (Wildman–Crippen LogP) is 3.86. The average Bonchev–Trinajstić information content (AvgIpc) is 3.25. The molecule has 0 bridgehead atoms. The molecule has 5 rings (SSSR count). The van der Waals surface area contributed by atoms with Crippen molar-refractivity contribution >= 4 is 33.7 Å². The molecule has 2 aromatic carbocycles. The standard InChI is InChI=1S/C19H15N5/c1-2-8-14-13(7-1)20-18(21-14)17-11-5-6-12-24(17)19-22-15-9-3-4-10-16(15)23-19/h1-11H,12H2,(H,20,21)(H,22,23). The van der Waals surface area contributed by atoms with Gasteiger partial charge < -0.3 is 14.9 Å². The zero-order valence-electron chi connectivity index (χ0n) is 12.9. The number of para-hydroxylation sites is 4. The quantitative estimate of drug-likeness (QED) is 0.591. The van der Waals surface area contributed by atoms with Crippen LogP contribution in [-0.2, 0) is 0 Å². The number of allylic oxidation sites excluding steroid dienone is 2. The van der Waals surface area contributed by atoms with Gasteiger partial charge in [-0.25, -0.2) is 9.97 Å². The second-order valence-electron chi connectivity index (χ2n) is 5.77. The molecule has 2 N–H and O–H groups in total. The van der Waals surface area contributed by atoms with Gasteiger partial charge in [-0.1, -0.05) is 36.4 Å². The summed E-state index contributed by atoms with van der Waals surface area (Å²) >= 11 is 0. The molecule has 5 nitrogen and oxygen atoms in total. The minimum absolute atomic E-state index is 0.753. The van der Waals surface area contributed by atoms with Gasteiger partial charge in [0.05, 0.1) is 27.8 Å². The molecule has 2 aromatic heterocycles. The smallest absolute Gasteiger partial charge is 0.208 e. The Morgan fingerprint density at radius 2 is 1.54 bits per heavy atom. The van der Waals surface area contributed by atoms with Crippen molar-refractivity contribution in [3.63, 3.8) is 0 Å². The summed E-state index contributed by atoms with van der Waals surface area (Å²) in [6, 6.07) is 16.1. The normalized spacial score (nSPS) is 14.5. The molecule has 0 saturated carbocycles. The number of aromatic nitrogens is 4. The van der Waals surface area contributed by atoms with Gasteiger partial charge >= 0.3 is 0 Å². The van der Waals surface area contributed by atoms with Crippen molar-refractivity contribution in [2.45, 2.75) is 0 Å². The van der Waals surface area contributed by atoms with Crippen molar-refractivity contribution in [3.8, 4) is 0 Å². The predicted molar refractivity (Wildman–Crippen MR) is 96.7 cm³/mol. The van der Waals surface area contributed by atoms with E-state index in [4.69, 9.17) is 9.97 Å².